The average Bonchev–Trinajstić information content (AvgIpc) is 2.99. The highest BCUT2D eigenvalue weighted by molar-refractivity contribution is 8.00. The number of hydrogen-bond donors (Lipinski definition) is 0. The number of amides is 1. The van der Waals surface area contributed by atoms with Crippen LogP contribution in [-0.4, -0.2) is 43.7 Å². The van der Waals surface area contributed by atoms with Crippen LogP contribution in [-0.2, 0) is 20.7 Å². The zero-order valence-electron chi connectivity index (χ0n) is 15.8. The average molecular weight is 399 g/mol. The Kier molecular flexibility index (Phi) is 6.36. The molecule has 0 N–H and O–H groups in total. The van der Waals surface area contributed by atoms with Crippen LogP contribution in [0.5, 0.6) is 5.75 Å². The monoisotopic (exact) mass is 399 g/mol. The molecule has 0 fully saturated rings. The first-order chi connectivity index (χ1) is 13.5. The molecule has 146 valence electrons. The quantitative estimate of drug-likeness (QED) is 0.386. The van der Waals surface area contributed by atoms with Crippen LogP contribution in [0.25, 0.3) is 0 Å². The summed E-state index contributed by atoms with van der Waals surface area (Å²) in [5, 5.41) is 0. The predicted octanol–water partition coefficient (Wildman–Crippen LogP) is 3.12. The normalized spacial score (nSPS) is 12.6. The van der Waals surface area contributed by atoms with E-state index >= 15 is 0 Å². The molecular weight excluding hydrogens is 378 g/mol. The molecule has 0 saturated heterocycles. The van der Waals surface area contributed by atoms with Crippen molar-refractivity contribution in [1.29, 1.82) is 0 Å². The molecular formula is C21H21NO5S. The zero-order chi connectivity index (χ0) is 20.1. The van der Waals surface area contributed by atoms with E-state index in [1.807, 2.05) is 31.2 Å². The summed E-state index contributed by atoms with van der Waals surface area (Å²) in [6.45, 7) is 2.20. The minimum absolute atomic E-state index is 0.00246. The molecule has 0 saturated carbocycles. The van der Waals surface area contributed by atoms with Crippen LogP contribution < -0.4 is 9.64 Å². The van der Waals surface area contributed by atoms with Crippen LogP contribution in [0.4, 0.5) is 5.69 Å². The van der Waals surface area contributed by atoms with Crippen molar-refractivity contribution in [3.63, 3.8) is 0 Å². The van der Waals surface area contributed by atoms with E-state index in [-0.39, 0.29) is 30.5 Å². The van der Waals surface area contributed by atoms with E-state index in [2.05, 4.69) is 0 Å². The largest absolute Gasteiger partial charge is 0.494 e. The van der Waals surface area contributed by atoms with Crippen LogP contribution >= 0.6 is 11.8 Å². The Bertz CT molecular complexity index is 894. The number of hydrogen-bond acceptors (Lipinski definition) is 6. The van der Waals surface area contributed by atoms with E-state index in [1.54, 1.807) is 30.1 Å². The Morgan fingerprint density at radius 1 is 1.14 bits per heavy atom. The van der Waals surface area contributed by atoms with Gasteiger partial charge in [-0.1, -0.05) is 0 Å². The maximum Gasteiger partial charge on any atom is 0.316 e. The predicted molar refractivity (Wildman–Crippen MR) is 107 cm³/mol. The number of esters is 1. The van der Waals surface area contributed by atoms with Crippen molar-refractivity contribution >= 4 is 35.1 Å². The fraction of sp³-hybridized carbons (Fsp3) is 0.286. The summed E-state index contributed by atoms with van der Waals surface area (Å²) in [6.07, 6.45) is 0.283. The number of ketones is 1. The molecule has 2 aromatic carbocycles. The number of ether oxygens (including phenoxy) is 2. The van der Waals surface area contributed by atoms with Gasteiger partial charge in [0.05, 0.1) is 18.8 Å². The van der Waals surface area contributed by atoms with Crippen molar-refractivity contribution in [2.24, 2.45) is 0 Å². The second-order valence-corrected chi connectivity index (χ2v) is 7.30. The minimum atomic E-state index is -0.455. The van der Waals surface area contributed by atoms with E-state index < -0.39 is 5.97 Å². The molecule has 0 aliphatic carbocycles. The molecule has 1 heterocycles. The smallest absolute Gasteiger partial charge is 0.316 e. The molecule has 0 atom stereocenters. The van der Waals surface area contributed by atoms with Gasteiger partial charge in [-0.25, -0.2) is 0 Å². The molecule has 6 nitrogen and oxygen atoms in total. The molecule has 0 spiro atoms. The molecule has 7 heteroatoms. The number of thioether (sulfide) groups is 1. The van der Waals surface area contributed by atoms with Crippen LogP contribution in [0.3, 0.4) is 0 Å². The summed E-state index contributed by atoms with van der Waals surface area (Å²) in [5.74, 6) is 0.150. The van der Waals surface area contributed by atoms with Gasteiger partial charge in [0.15, 0.2) is 12.4 Å². The van der Waals surface area contributed by atoms with Crippen LogP contribution in [0.15, 0.2) is 47.4 Å². The maximum absolute atomic E-state index is 12.3. The van der Waals surface area contributed by atoms with E-state index in [0.29, 0.717) is 12.2 Å². The van der Waals surface area contributed by atoms with Gasteiger partial charge in [-0.3, -0.25) is 14.4 Å². The lowest BCUT2D eigenvalue weighted by molar-refractivity contribution is -0.139. The molecule has 1 aliphatic rings. The molecule has 28 heavy (non-hydrogen) atoms. The fourth-order valence-electron chi connectivity index (χ4n) is 2.86. The fourth-order valence-corrected chi connectivity index (χ4v) is 3.55. The van der Waals surface area contributed by atoms with Crippen molar-refractivity contribution in [3.8, 4) is 5.75 Å². The first-order valence-electron chi connectivity index (χ1n) is 8.92. The number of likely N-dealkylation sites (N-methyl/N-ethyl adjacent to an activating group) is 1. The number of anilines is 1. The molecule has 2 aromatic rings. The van der Waals surface area contributed by atoms with Crippen LogP contribution in [0, 0.1) is 0 Å². The lowest BCUT2D eigenvalue weighted by Crippen LogP contribution is -2.20. The summed E-state index contributed by atoms with van der Waals surface area (Å²) in [7, 11) is 1.71. The van der Waals surface area contributed by atoms with Crippen molar-refractivity contribution in [2.75, 3.05) is 30.9 Å². The standard InChI is InChI=1S/C21H21NO5S/c1-3-26-16-5-7-17(8-6-16)28-13-21(25)27-12-19(23)14-4-9-18-15(10-14)11-20(24)22(18)2/h4-10H,3,11-13H2,1-2H3. The minimum Gasteiger partial charge on any atom is -0.494 e. The number of fused-ring (bicyclic) bond motifs is 1. The number of carbonyl (C=O) groups excluding carboxylic acids is 3. The number of Topliss-reactive ketones (excluding diaryl/α,β-unsaturated/α-hetero) is 1. The number of nitrogens with zero attached hydrogens (tertiary/aromatic N) is 1. The highest BCUT2D eigenvalue weighted by atomic mass is 32.2. The molecule has 0 bridgehead atoms. The number of benzene rings is 2. The van der Waals surface area contributed by atoms with Gasteiger partial charge < -0.3 is 14.4 Å². The van der Waals surface area contributed by atoms with Gasteiger partial charge >= 0.3 is 5.97 Å². The molecule has 0 aromatic heterocycles. The van der Waals surface area contributed by atoms with Crippen molar-refractivity contribution in [3.05, 3.63) is 53.6 Å². The van der Waals surface area contributed by atoms with E-state index in [9.17, 15) is 14.4 Å². The SMILES string of the molecule is CCOc1ccc(SCC(=O)OCC(=O)c2ccc3c(c2)CC(=O)N3C)cc1. The van der Waals surface area contributed by atoms with Crippen LogP contribution in [0.2, 0.25) is 0 Å². The first-order valence-corrected chi connectivity index (χ1v) is 9.90. The van der Waals surface area contributed by atoms with Crippen LogP contribution in [0.1, 0.15) is 22.8 Å². The Hall–Kier alpha value is -2.80. The lowest BCUT2D eigenvalue weighted by Gasteiger charge is -2.10. The topological polar surface area (TPSA) is 72.9 Å². The Balaban J connectivity index is 1.47. The van der Waals surface area contributed by atoms with Gasteiger partial charge in [-0.05, 0) is 55.0 Å². The summed E-state index contributed by atoms with van der Waals surface area (Å²) in [6, 6.07) is 12.5. The summed E-state index contributed by atoms with van der Waals surface area (Å²) in [5.41, 5.74) is 2.06. The van der Waals surface area contributed by atoms with Crippen molar-refractivity contribution < 1.29 is 23.9 Å². The highest BCUT2D eigenvalue weighted by Gasteiger charge is 2.24. The second kappa shape index (κ2) is 8.93. The van der Waals surface area contributed by atoms with Crippen molar-refractivity contribution in [2.45, 2.75) is 18.2 Å². The van der Waals surface area contributed by atoms with E-state index in [4.69, 9.17) is 9.47 Å². The summed E-state index contributed by atoms with van der Waals surface area (Å²) >= 11 is 1.34. The van der Waals surface area contributed by atoms with E-state index in [1.165, 1.54) is 11.8 Å². The Morgan fingerprint density at radius 3 is 2.61 bits per heavy atom. The molecule has 1 amide bonds. The van der Waals surface area contributed by atoms with Gasteiger partial charge in [0.2, 0.25) is 5.91 Å². The van der Waals surface area contributed by atoms with E-state index in [0.717, 1.165) is 21.9 Å². The first kappa shape index (κ1) is 19.9. The zero-order valence-corrected chi connectivity index (χ0v) is 16.6. The number of carbonyl (C=O) groups is 3. The lowest BCUT2D eigenvalue weighted by atomic mass is 10.1. The van der Waals surface area contributed by atoms with Gasteiger partial charge in [0.1, 0.15) is 5.75 Å². The third-order valence-corrected chi connectivity index (χ3v) is 5.32. The number of rotatable bonds is 8. The molecule has 0 radical (unpaired) electrons. The van der Waals surface area contributed by atoms with Gasteiger partial charge in [0.25, 0.3) is 0 Å². The molecule has 3 rings (SSSR count). The second-order valence-electron chi connectivity index (χ2n) is 6.25. The third-order valence-electron chi connectivity index (χ3n) is 4.33. The third kappa shape index (κ3) is 4.72. The van der Waals surface area contributed by atoms with Crippen molar-refractivity contribution in [1.82, 2.24) is 0 Å². The molecule has 0 unspecified atom stereocenters. The molecule has 1 aliphatic heterocycles. The summed E-state index contributed by atoms with van der Waals surface area (Å²) < 4.78 is 10.5. The maximum atomic E-state index is 12.3. The highest BCUT2D eigenvalue weighted by Crippen LogP contribution is 2.28. The van der Waals surface area contributed by atoms with Gasteiger partial charge in [0, 0.05) is 23.2 Å². The Morgan fingerprint density at radius 2 is 1.89 bits per heavy atom. The van der Waals surface area contributed by atoms with Gasteiger partial charge in [-0.15, -0.1) is 11.8 Å². The Labute approximate surface area is 167 Å². The van der Waals surface area contributed by atoms with Gasteiger partial charge in [-0.2, -0.15) is 0 Å². The summed E-state index contributed by atoms with van der Waals surface area (Å²) in [4.78, 5) is 38.4.